The first-order chi connectivity index (χ1) is 14.6. The van der Waals surface area contributed by atoms with Crippen LogP contribution in [0.2, 0.25) is 0 Å². The van der Waals surface area contributed by atoms with Crippen molar-refractivity contribution in [2.24, 2.45) is 23.2 Å². The minimum Gasteiger partial charge on any atom is -0.334 e. The van der Waals surface area contributed by atoms with Crippen LogP contribution in [0.15, 0.2) is 12.3 Å². The lowest BCUT2D eigenvalue weighted by molar-refractivity contribution is -0.198. The zero-order chi connectivity index (χ0) is 20.3. The van der Waals surface area contributed by atoms with Gasteiger partial charge in [0.25, 0.3) is 0 Å². The summed E-state index contributed by atoms with van der Waals surface area (Å²) in [6.45, 7) is 2.47. The number of aromatic nitrogens is 2. The molecule has 4 saturated carbocycles. The molecule has 5 fully saturated rings. The predicted octanol–water partition coefficient (Wildman–Crippen LogP) is 2.93. The highest BCUT2D eigenvalue weighted by Gasteiger charge is 2.56. The van der Waals surface area contributed by atoms with Gasteiger partial charge in [0.15, 0.2) is 0 Å². The van der Waals surface area contributed by atoms with Crippen molar-refractivity contribution in [1.82, 2.24) is 19.7 Å². The summed E-state index contributed by atoms with van der Waals surface area (Å²) in [6.07, 6.45) is 11.4. The van der Waals surface area contributed by atoms with Crippen LogP contribution in [0.25, 0.3) is 0 Å². The number of nitrogens with zero attached hydrogens (tertiary/aromatic N) is 4. The zero-order valence-corrected chi connectivity index (χ0v) is 17.7. The van der Waals surface area contributed by atoms with Gasteiger partial charge in [-0.25, -0.2) is 5.06 Å². The molecule has 0 radical (unpaired) electrons. The van der Waals surface area contributed by atoms with E-state index >= 15 is 0 Å². The standard InChI is InChI=1S/C23H32N4O3/c28-21(26-5-1-2-6-30-26)10-20-15-25(14-19-3-4-24-27(19)20)22(29)23-11-16-7-17(12-23)9-18(8-16)13-23/h3-4,16-18,20H,1-2,5-15H2/t16?,17?,18?,20-,23?/m0/s1. The van der Waals surface area contributed by atoms with Crippen LogP contribution in [-0.2, 0) is 21.0 Å². The normalized spacial score (nSPS) is 37.3. The summed E-state index contributed by atoms with van der Waals surface area (Å²) in [4.78, 5) is 34.4. The first-order valence-electron chi connectivity index (χ1n) is 11.8. The van der Waals surface area contributed by atoms with E-state index in [1.54, 1.807) is 6.20 Å². The Morgan fingerprint density at radius 1 is 1.10 bits per heavy atom. The summed E-state index contributed by atoms with van der Waals surface area (Å²) in [6, 6.07) is 1.88. The van der Waals surface area contributed by atoms with Gasteiger partial charge < -0.3 is 4.90 Å². The first-order valence-corrected chi connectivity index (χ1v) is 11.8. The second kappa shape index (κ2) is 7.08. The number of carbonyl (C=O) groups is 2. The van der Waals surface area contributed by atoms with Gasteiger partial charge in [-0.05, 0) is 75.2 Å². The molecule has 0 spiro atoms. The zero-order valence-electron chi connectivity index (χ0n) is 17.7. The number of fused-ring (bicyclic) bond motifs is 1. The summed E-state index contributed by atoms with van der Waals surface area (Å²) in [7, 11) is 0. The highest BCUT2D eigenvalue weighted by molar-refractivity contribution is 5.83. The molecular weight excluding hydrogens is 380 g/mol. The maximum Gasteiger partial charge on any atom is 0.248 e. The van der Waals surface area contributed by atoms with Crippen LogP contribution in [0.1, 0.15) is 69.5 Å². The van der Waals surface area contributed by atoms with Crippen LogP contribution >= 0.6 is 0 Å². The largest absolute Gasteiger partial charge is 0.334 e. The van der Waals surface area contributed by atoms with Crippen LogP contribution in [-0.4, -0.2) is 51.3 Å². The topological polar surface area (TPSA) is 67.7 Å². The van der Waals surface area contributed by atoms with Gasteiger partial charge in [0.2, 0.25) is 11.8 Å². The van der Waals surface area contributed by atoms with Crippen molar-refractivity contribution >= 4 is 11.8 Å². The summed E-state index contributed by atoms with van der Waals surface area (Å²) in [5, 5.41) is 6.01. The van der Waals surface area contributed by atoms with Gasteiger partial charge in [-0.3, -0.25) is 19.1 Å². The van der Waals surface area contributed by atoms with Gasteiger partial charge in [-0.15, -0.1) is 0 Å². The van der Waals surface area contributed by atoms with Crippen LogP contribution in [0.4, 0.5) is 0 Å². The molecule has 162 valence electrons. The van der Waals surface area contributed by atoms with Crippen molar-refractivity contribution in [2.75, 3.05) is 19.7 Å². The molecule has 1 aromatic rings. The van der Waals surface area contributed by atoms with E-state index in [0.717, 1.165) is 55.6 Å². The Morgan fingerprint density at radius 2 is 1.83 bits per heavy atom. The molecule has 1 saturated heterocycles. The summed E-state index contributed by atoms with van der Waals surface area (Å²) in [5.41, 5.74) is 0.901. The number of carbonyl (C=O) groups excluding carboxylic acids is 2. The summed E-state index contributed by atoms with van der Waals surface area (Å²) >= 11 is 0. The predicted molar refractivity (Wildman–Crippen MR) is 109 cm³/mol. The molecule has 4 aliphatic carbocycles. The Kier molecular flexibility index (Phi) is 4.44. The van der Waals surface area contributed by atoms with Gasteiger partial charge in [0.05, 0.1) is 36.7 Å². The Hall–Kier alpha value is -1.89. The van der Waals surface area contributed by atoms with Crippen molar-refractivity contribution in [1.29, 1.82) is 0 Å². The molecule has 1 aromatic heterocycles. The molecule has 7 nitrogen and oxygen atoms in total. The molecule has 7 heteroatoms. The summed E-state index contributed by atoms with van der Waals surface area (Å²) in [5.74, 6) is 2.61. The molecule has 2 amide bonds. The molecule has 0 unspecified atom stereocenters. The van der Waals surface area contributed by atoms with Crippen LogP contribution in [0.5, 0.6) is 0 Å². The van der Waals surface area contributed by atoms with E-state index in [4.69, 9.17) is 4.84 Å². The smallest absolute Gasteiger partial charge is 0.248 e. The van der Waals surface area contributed by atoms with Crippen molar-refractivity contribution in [3.8, 4) is 0 Å². The molecule has 4 bridgehead atoms. The van der Waals surface area contributed by atoms with E-state index in [-0.39, 0.29) is 17.4 Å². The maximum absolute atomic E-state index is 13.9. The molecule has 0 N–H and O–H groups in total. The van der Waals surface area contributed by atoms with Crippen molar-refractivity contribution in [2.45, 2.75) is 70.4 Å². The Bertz CT molecular complexity index is 808. The number of rotatable bonds is 3. The van der Waals surface area contributed by atoms with Gasteiger partial charge in [0.1, 0.15) is 0 Å². The second-order valence-corrected chi connectivity index (χ2v) is 10.5. The number of hydrogen-bond acceptors (Lipinski definition) is 4. The van der Waals surface area contributed by atoms with E-state index in [1.165, 1.54) is 24.3 Å². The first kappa shape index (κ1) is 18.8. The third kappa shape index (κ3) is 3.08. The minimum atomic E-state index is -0.137. The Morgan fingerprint density at radius 3 is 2.50 bits per heavy atom. The maximum atomic E-state index is 13.9. The van der Waals surface area contributed by atoms with Crippen molar-refractivity contribution in [3.63, 3.8) is 0 Å². The minimum absolute atomic E-state index is 0.00486. The van der Waals surface area contributed by atoms with E-state index in [2.05, 4.69) is 10.00 Å². The van der Waals surface area contributed by atoms with Crippen LogP contribution < -0.4 is 0 Å². The highest BCUT2D eigenvalue weighted by atomic mass is 16.7. The fourth-order valence-corrected chi connectivity index (χ4v) is 7.50. The second-order valence-electron chi connectivity index (χ2n) is 10.5. The fraction of sp³-hybridized carbons (Fsp3) is 0.783. The lowest BCUT2D eigenvalue weighted by Crippen LogP contribution is -2.56. The molecule has 3 heterocycles. The molecule has 7 rings (SSSR count). The third-order valence-electron chi connectivity index (χ3n) is 8.35. The fourth-order valence-electron chi connectivity index (χ4n) is 7.50. The number of hydrogen-bond donors (Lipinski definition) is 0. The van der Waals surface area contributed by atoms with Crippen molar-refractivity contribution < 1.29 is 14.4 Å². The number of amides is 2. The monoisotopic (exact) mass is 412 g/mol. The molecule has 6 aliphatic rings. The van der Waals surface area contributed by atoms with Gasteiger partial charge in [-0.2, -0.15) is 5.10 Å². The molecule has 30 heavy (non-hydrogen) atoms. The van der Waals surface area contributed by atoms with E-state index in [9.17, 15) is 9.59 Å². The lowest BCUT2D eigenvalue weighted by Gasteiger charge is -2.57. The SMILES string of the molecule is O=C(C[C@H]1CN(C(=O)C23CC4CC(CC(C4)C2)C3)Cc2ccnn21)N1CCCCO1. The van der Waals surface area contributed by atoms with Crippen molar-refractivity contribution in [3.05, 3.63) is 18.0 Å². The quantitative estimate of drug-likeness (QED) is 0.766. The molecular formula is C23H32N4O3. The molecule has 2 aliphatic heterocycles. The average molecular weight is 413 g/mol. The van der Waals surface area contributed by atoms with Gasteiger partial charge in [-0.1, -0.05) is 0 Å². The van der Waals surface area contributed by atoms with Crippen LogP contribution in [0, 0.1) is 23.2 Å². The highest BCUT2D eigenvalue weighted by Crippen LogP contribution is 2.60. The average Bonchev–Trinajstić information content (AvgIpc) is 3.22. The number of hydroxylamine groups is 2. The van der Waals surface area contributed by atoms with E-state index in [0.29, 0.717) is 38.6 Å². The van der Waals surface area contributed by atoms with E-state index in [1.807, 2.05) is 10.7 Å². The van der Waals surface area contributed by atoms with E-state index < -0.39 is 0 Å². The molecule has 0 aromatic carbocycles. The Balaban J connectivity index is 1.21. The lowest BCUT2D eigenvalue weighted by atomic mass is 9.49. The summed E-state index contributed by atoms with van der Waals surface area (Å²) < 4.78 is 1.96. The third-order valence-corrected chi connectivity index (χ3v) is 8.35. The molecule has 1 atom stereocenters. The van der Waals surface area contributed by atoms with Gasteiger partial charge >= 0.3 is 0 Å². The van der Waals surface area contributed by atoms with Crippen LogP contribution in [0.3, 0.4) is 0 Å². The van der Waals surface area contributed by atoms with Gasteiger partial charge in [0, 0.05) is 19.3 Å². The Labute approximate surface area is 177 Å².